The van der Waals surface area contributed by atoms with Crippen LogP contribution in [0.25, 0.3) is 10.9 Å². The Morgan fingerprint density at radius 2 is 1.82 bits per heavy atom. The van der Waals surface area contributed by atoms with Crippen LogP contribution in [-0.2, 0) is 6.18 Å². The number of amides is 1. The lowest BCUT2D eigenvalue weighted by molar-refractivity contribution is -0.145. The van der Waals surface area contributed by atoms with Gasteiger partial charge in [-0.2, -0.15) is 13.2 Å². The average Bonchev–Trinajstić information content (AvgIpc) is 2.91. The molecule has 0 aliphatic carbocycles. The topological polar surface area (TPSA) is 86.3 Å². The summed E-state index contributed by atoms with van der Waals surface area (Å²) in [6.07, 6.45) is -3.52. The molecule has 14 heteroatoms. The van der Waals surface area contributed by atoms with Crippen molar-refractivity contribution < 1.29 is 26.7 Å². The number of fused-ring (bicyclic) bond motifs is 1. The molecule has 1 aromatic carbocycles. The van der Waals surface area contributed by atoms with E-state index in [1.165, 1.54) is 0 Å². The predicted octanol–water partition coefficient (Wildman–Crippen LogP) is 4.55. The quantitative estimate of drug-likeness (QED) is 0.356. The van der Waals surface area contributed by atoms with E-state index in [0.717, 1.165) is 18.9 Å². The maximum atomic E-state index is 13.8. The Morgan fingerprint density at radius 3 is 2.45 bits per heavy atom. The lowest BCUT2D eigenvalue weighted by atomic mass is 10.0. The first-order chi connectivity index (χ1) is 18.9. The monoisotopic (exact) mass is 585 g/mol. The number of alkyl halides is 5. The zero-order valence-corrected chi connectivity index (χ0v) is 22.7. The molecule has 2 aromatic heterocycles. The largest absolute Gasteiger partial charge is 0.451 e. The number of nitrogens with one attached hydrogen (secondary N) is 2. The van der Waals surface area contributed by atoms with Gasteiger partial charge in [0.05, 0.1) is 22.1 Å². The lowest BCUT2D eigenvalue weighted by Crippen LogP contribution is -2.45. The van der Waals surface area contributed by atoms with Gasteiger partial charge in [0.1, 0.15) is 5.82 Å². The number of carbonyl (C=O) groups excluding carboxylic acids is 1. The molecular formula is C26H29ClF5N7O. The van der Waals surface area contributed by atoms with Gasteiger partial charge in [0, 0.05) is 76.0 Å². The van der Waals surface area contributed by atoms with Crippen LogP contribution in [0.3, 0.4) is 0 Å². The van der Waals surface area contributed by atoms with Crippen LogP contribution >= 0.6 is 11.6 Å². The number of piperidine rings is 1. The number of likely N-dealkylation sites (N-methyl/N-ethyl adjacent to an activating group) is 2. The van der Waals surface area contributed by atoms with Gasteiger partial charge in [-0.25, -0.2) is 23.7 Å². The van der Waals surface area contributed by atoms with E-state index >= 15 is 0 Å². The van der Waals surface area contributed by atoms with Crippen molar-refractivity contribution in [2.45, 2.75) is 31.0 Å². The van der Waals surface area contributed by atoms with Crippen LogP contribution < -0.4 is 15.5 Å². The Balaban J connectivity index is 1.58. The number of aromatic nitrogens is 3. The third-order valence-corrected chi connectivity index (χ3v) is 7.17. The molecule has 1 saturated heterocycles. The van der Waals surface area contributed by atoms with E-state index in [2.05, 4.69) is 25.6 Å². The molecule has 1 aliphatic rings. The van der Waals surface area contributed by atoms with Crippen molar-refractivity contribution >= 4 is 34.2 Å². The van der Waals surface area contributed by atoms with Crippen LogP contribution in [0.15, 0.2) is 36.7 Å². The van der Waals surface area contributed by atoms with Crippen LogP contribution in [0.1, 0.15) is 40.6 Å². The van der Waals surface area contributed by atoms with Crippen molar-refractivity contribution in [2.75, 3.05) is 51.7 Å². The van der Waals surface area contributed by atoms with Crippen molar-refractivity contribution in [3.63, 3.8) is 0 Å². The lowest BCUT2D eigenvalue weighted by Gasteiger charge is -2.37. The molecule has 1 fully saturated rings. The van der Waals surface area contributed by atoms with E-state index in [0.29, 0.717) is 23.3 Å². The number of likely N-dealkylation sites (tertiary alicyclic amines) is 1. The van der Waals surface area contributed by atoms with Crippen LogP contribution in [0.4, 0.5) is 27.8 Å². The van der Waals surface area contributed by atoms with E-state index < -0.39 is 42.7 Å². The molecule has 4 rings (SSSR count). The van der Waals surface area contributed by atoms with Crippen molar-refractivity contribution in [1.82, 2.24) is 30.5 Å². The zero-order valence-electron chi connectivity index (χ0n) is 21.9. The van der Waals surface area contributed by atoms with Gasteiger partial charge in [0.25, 0.3) is 11.8 Å². The number of nitrogens with zero attached hydrogens (tertiary/aromatic N) is 5. The van der Waals surface area contributed by atoms with E-state index in [9.17, 15) is 26.7 Å². The van der Waals surface area contributed by atoms with Crippen LogP contribution in [0, 0.1) is 0 Å². The minimum atomic E-state index is -4.73. The van der Waals surface area contributed by atoms with Gasteiger partial charge < -0.3 is 15.5 Å². The minimum absolute atomic E-state index is 0.0165. The maximum absolute atomic E-state index is 13.8. The second kappa shape index (κ2) is 12.1. The highest BCUT2D eigenvalue weighted by Gasteiger charge is 2.38. The number of anilines is 1. The maximum Gasteiger partial charge on any atom is 0.451 e. The highest BCUT2D eigenvalue weighted by molar-refractivity contribution is 6.35. The van der Waals surface area contributed by atoms with E-state index in [4.69, 9.17) is 11.6 Å². The number of pyridine rings is 1. The molecule has 0 saturated carbocycles. The van der Waals surface area contributed by atoms with Crippen LogP contribution in [-0.4, -0.2) is 78.5 Å². The number of hydrogen-bond donors (Lipinski definition) is 2. The normalized spacial score (nSPS) is 16.6. The molecule has 40 heavy (non-hydrogen) atoms. The first kappa shape index (κ1) is 29.8. The molecule has 3 aromatic rings. The van der Waals surface area contributed by atoms with Crippen LogP contribution in [0.2, 0.25) is 5.02 Å². The van der Waals surface area contributed by atoms with Crippen molar-refractivity contribution in [2.24, 2.45) is 0 Å². The Labute approximate surface area is 232 Å². The molecular weight excluding hydrogens is 557 g/mol. The third-order valence-electron chi connectivity index (χ3n) is 6.86. The molecule has 0 spiro atoms. The molecule has 0 bridgehead atoms. The second-order valence-corrected chi connectivity index (χ2v) is 10.0. The first-order valence-corrected chi connectivity index (χ1v) is 13.0. The molecule has 8 nitrogen and oxygen atoms in total. The molecule has 0 radical (unpaired) electrons. The first-order valence-electron chi connectivity index (χ1n) is 12.6. The summed E-state index contributed by atoms with van der Waals surface area (Å²) >= 11 is 6.41. The fourth-order valence-corrected chi connectivity index (χ4v) is 4.81. The van der Waals surface area contributed by atoms with E-state index in [1.807, 2.05) is 19.0 Å². The highest BCUT2D eigenvalue weighted by atomic mass is 35.5. The van der Waals surface area contributed by atoms with Gasteiger partial charge in [0.2, 0.25) is 5.82 Å². The summed E-state index contributed by atoms with van der Waals surface area (Å²) in [7, 11) is 3.75. The fraction of sp³-hybridized carbons (Fsp3) is 0.462. The zero-order chi connectivity index (χ0) is 29.1. The Kier molecular flexibility index (Phi) is 9.06. The summed E-state index contributed by atoms with van der Waals surface area (Å²) < 4.78 is 66.6. The molecule has 2 N–H and O–H groups in total. The number of benzene rings is 1. The Bertz CT molecular complexity index is 1330. The van der Waals surface area contributed by atoms with Crippen molar-refractivity contribution in [1.29, 1.82) is 0 Å². The van der Waals surface area contributed by atoms with Gasteiger partial charge in [-0.3, -0.25) is 9.69 Å². The van der Waals surface area contributed by atoms with Crippen LogP contribution in [0.5, 0.6) is 0 Å². The summed E-state index contributed by atoms with van der Waals surface area (Å²) in [5.74, 6) is -3.96. The summed E-state index contributed by atoms with van der Waals surface area (Å²) in [5, 5.41) is 6.56. The standard InChI is InChI=1S/C26H29ClF5N7O/c1-33-9-12-38(2)21-6-3-17-19(37-21)5-4-18(27)22(17)23(40)34-15-20(39-10-7-25(28,29)8-11-39)16-13-35-24(36-14-16)26(30,31)32/h3-6,13-14,20,33H,7-12,15H2,1-2H3,(H,34,40). The summed E-state index contributed by atoms with van der Waals surface area (Å²) in [6, 6.07) is 6.07. The molecule has 1 atom stereocenters. The molecule has 1 unspecified atom stereocenters. The van der Waals surface area contributed by atoms with Gasteiger partial charge >= 0.3 is 6.18 Å². The SMILES string of the molecule is CNCCN(C)c1ccc2c(C(=O)NCC(c3cnc(C(F)(F)F)nc3)N3CCC(F)(F)CC3)c(Cl)ccc2n1. The van der Waals surface area contributed by atoms with Crippen molar-refractivity contribution in [3.05, 3.63) is 58.6 Å². The molecule has 3 heterocycles. The smallest absolute Gasteiger partial charge is 0.358 e. The predicted molar refractivity (Wildman–Crippen MR) is 142 cm³/mol. The second-order valence-electron chi connectivity index (χ2n) is 9.64. The number of hydrogen-bond acceptors (Lipinski definition) is 7. The van der Waals surface area contributed by atoms with Gasteiger partial charge in [-0.05, 0) is 31.3 Å². The average molecular weight is 586 g/mol. The molecule has 216 valence electrons. The fourth-order valence-electron chi connectivity index (χ4n) is 4.56. The van der Waals surface area contributed by atoms with Crippen molar-refractivity contribution in [3.8, 4) is 0 Å². The Morgan fingerprint density at radius 1 is 1.15 bits per heavy atom. The minimum Gasteiger partial charge on any atom is -0.358 e. The van der Waals surface area contributed by atoms with Gasteiger partial charge in [0.15, 0.2) is 0 Å². The number of rotatable bonds is 9. The molecule has 1 amide bonds. The summed E-state index contributed by atoms with van der Waals surface area (Å²) in [4.78, 5) is 28.5. The van der Waals surface area contributed by atoms with Gasteiger partial charge in [-0.15, -0.1) is 0 Å². The number of carbonyl (C=O) groups is 1. The van der Waals surface area contributed by atoms with Gasteiger partial charge in [-0.1, -0.05) is 11.6 Å². The molecule has 1 aliphatic heterocycles. The van der Waals surface area contributed by atoms with E-state index in [-0.39, 0.29) is 35.8 Å². The third kappa shape index (κ3) is 6.94. The highest BCUT2D eigenvalue weighted by Crippen LogP contribution is 2.33. The van der Waals surface area contributed by atoms with E-state index in [1.54, 1.807) is 29.2 Å². The summed E-state index contributed by atoms with van der Waals surface area (Å²) in [5.41, 5.74) is 0.997. The number of halogens is 6. The summed E-state index contributed by atoms with van der Waals surface area (Å²) in [6.45, 7) is 1.34. The Hall–Kier alpha value is -3.16.